The number of fused-ring (bicyclic) bond motifs is 1. The number of pyridine rings is 1. The van der Waals surface area contributed by atoms with Gasteiger partial charge in [-0.05, 0) is 48.9 Å². The summed E-state index contributed by atoms with van der Waals surface area (Å²) in [5, 5.41) is 3.46. The Morgan fingerprint density at radius 2 is 1.94 bits per heavy atom. The van der Waals surface area contributed by atoms with E-state index < -0.39 is 0 Å². The Bertz CT molecular complexity index is 1090. The van der Waals surface area contributed by atoms with Crippen LogP contribution in [0.5, 0.6) is 11.5 Å². The van der Waals surface area contributed by atoms with Crippen LogP contribution in [0.4, 0.5) is 15.9 Å². The normalized spacial score (nSPS) is 13.5. The number of hydrogen-bond acceptors (Lipinski definition) is 7. The Balaban J connectivity index is 1.46. The third-order valence-electron chi connectivity index (χ3n) is 5.45. The second kappa shape index (κ2) is 10.2. The first kappa shape index (κ1) is 22.4. The average molecular weight is 451 g/mol. The van der Waals surface area contributed by atoms with Gasteiger partial charge in [-0.25, -0.2) is 14.2 Å². The minimum absolute atomic E-state index is 0.0602. The van der Waals surface area contributed by atoms with Gasteiger partial charge < -0.3 is 24.4 Å². The molecule has 7 nitrogen and oxygen atoms in total. The van der Waals surface area contributed by atoms with Gasteiger partial charge in [0.1, 0.15) is 36.2 Å². The zero-order valence-corrected chi connectivity index (χ0v) is 18.6. The third kappa shape index (κ3) is 5.34. The summed E-state index contributed by atoms with van der Waals surface area (Å²) in [7, 11) is 1.36. The Morgan fingerprint density at radius 3 is 2.67 bits per heavy atom. The van der Waals surface area contributed by atoms with E-state index in [4.69, 9.17) is 14.2 Å². The molecule has 4 rings (SSSR count). The second-order valence-electron chi connectivity index (χ2n) is 7.62. The van der Waals surface area contributed by atoms with Crippen LogP contribution in [-0.4, -0.2) is 44.4 Å². The summed E-state index contributed by atoms with van der Waals surface area (Å²) in [6.45, 7) is 4.35. The fourth-order valence-electron chi connectivity index (χ4n) is 3.68. The lowest BCUT2D eigenvalue weighted by atomic mass is 10.1. The molecule has 0 aliphatic carbocycles. The highest BCUT2D eigenvalue weighted by molar-refractivity contribution is 5.89. The predicted octanol–water partition coefficient (Wildman–Crippen LogP) is 4.46. The van der Waals surface area contributed by atoms with Crippen molar-refractivity contribution in [2.24, 2.45) is 0 Å². The number of nitrogens with zero attached hydrogens (tertiary/aromatic N) is 2. The van der Waals surface area contributed by atoms with Crippen LogP contribution < -0.4 is 19.7 Å². The van der Waals surface area contributed by atoms with Gasteiger partial charge in [-0.1, -0.05) is 12.1 Å². The van der Waals surface area contributed by atoms with E-state index in [1.165, 1.54) is 19.2 Å². The first-order valence-corrected chi connectivity index (χ1v) is 10.7. The standard InChI is InChI=1S/C25H26FN3O4/c1-17(18-3-5-19(6-4-18)25(30)31-2)28-24-23-22(11-12-27-24)33-16-14-29(23)13-15-32-21-9-7-20(26)8-10-21/h3-12,17H,13-16H2,1-2H3,(H,27,28). The number of nitrogens with one attached hydrogen (secondary N) is 1. The molecule has 0 spiro atoms. The molecule has 0 radical (unpaired) electrons. The van der Waals surface area contributed by atoms with Gasteiger partial charge in [-0.3, -0.25) is 0 Å². The molecule has 8 heteroatoms. The maximum atomic E-state index is 13.1. The Morgan fingerprint density at radius 1 is 1.18 bits per heavy atom. The van der Waals surface area contributed by atoms with Crippen molar-refractivity contribution in [2.75, 3.05) is 43.6 Å². The molecule has 2 aromatic carbocycles. The minimum Gasteiger partial charge on any atom is -0.492 e. The second-order valence-corrected chi connectivity index (χ2v) is 7.62. The van der Waals surface area contributed by atoms with E-state index in [1.54, 1.807) is 30.5 Å². The van der Waals surface area contributed by atoms with Crippen molar-refractivity contribution in [2.45, 2.75) is 13.0 Å². The van der Waals surface area contributed by atoms with Crippen LogP contribution in [0.2, 0.25) is 0 Å². The van der Waals surface area contributed by atoms with Crippen LogP contribution in [-0.2, 0) is 4.74 Å². The monoisotopic (exact) mass is 451 g/mol. The number of benzene rings is 2. The number of methoxy groups -OCH3 is 1. The van der Waals surface area contributed by atoms with Gasteiger partial charge in [-0.2, -0.15) is 0 Å². The molecule has 0 bridgehead atoms. The summed E-state index contributed by atoms with van der Waals surface area (Å²) in [5.74, 6) is 1.43. The first-order chi connectivity index (χ1) is 16.0. The van der Waals surface area contributed by atoms with E-state index >= 15 is 0 Å². The minimum atomic E-state index is -0.364. The van der Waals surface area contributed by atoms with E-state index in [0.717, 1.165) is 17.0 Å². The lowest BCUT2D eigenvalue weighted by Gasteiger charge is -2.33. The highest BCUT2D eigenvalue weighted by atomic mass is 19.1. The molecule has 0 fully saturated rings. The van der Waals surface area contributed by atoms with Gasteiger partial charge in [-0.15, -0.1) is 0 Å². The van der Waals surface area contributed by atoms with Crippen LogP contribution >= 0.6 is 0 Å². The smallest absolute Gasteiger partial charge is 0.337 e. The maximum Gasteiger partial charge on any atom is 0.337 e. The van der Waals surface area contributed by atoms with E-state index in [1.807, 2.05) is 25.1 Å². The lowest BCUT2D eigenvalue weighted by Crippen LogP contribution is -2.36. The molecule has 1 aliphatic rings. The number of esters is 1. The fraction of sp³-hybridized carbons (Fsp3) is 0.280. The molecule has 1 atom stereocenters. The number of rotatable bonds is 8. The molecular weight excluding hydrogens is 425 g/mol. The number of halogens is 1. The Labute approximate surface area is 192 Å². The van der Waals surface area contributed by atoms with Gasteiger partial charge in [0.25, 0.3) is 0 Å². The molecular formula is C25H26FN3O4. The van der Waals surface area contributed by atoms with Gasteiger partial charge in [0, 0.05) is 12.3 Å². The van der Waals surface area contributed by atoms with Crippen molar-refractivity contribution in [1.82, 2.24) is 4.98 Å². The number of ether oxygens (including phenoxy) is 3. The summed E-state index contributed by atoms with van der Waals surface area (Å²) < 4.78 is 29.5. The molecule has 2 heterocycles. The topological polar surface area (TPSA) is 72.9 Å². The van der Waals surface area contributed by atoms with E-state index in [2.05, 4.69) is 15.2 Å². The average Bonchev–Trinajstić information content (AvgIpc) is 2.85. The quantitative estimate of drug-likeness (QED) is 0.507. The molecule has 172 valence electrons. The summed E-state index contributed by atoms with van der Waals surface area (Å²) >= 11 is 0. The number of hydrogen-bond donors (Lipinski definition) is 1. The highest BCUT2D eigenvalue weighted by Crippen LogP contribution is 2.38. The predicted molar refractivity (Wildman–Crippen MR) is 124 cm³/mol. The molecule has 0 saturated carbocycles. The molecule has 1 aliphatic heterocycles. The first-order valence-electron chi connectivity index (χ1n) is 10.7. The largest absolute Gasteiger partial charge is 0.492 e. The molecule has 1 aromatic heterocycles. The molecule has 1 unspecified atom stereocenters. The molecule has 1 N–H and O–H groups in total. The summed E-state index contributed by atoms with van der Waals surface area (Å²) in [6.07, 6.45) is 1.72. The fourth-order valence-corrected chi connectivity index (χ4v) is 3.68. The molecule has 33 heavy (non-hydrogen) atoms. The summed E-state index contributed by atoms with van der Waals surface area (Å²) in [6, 6.07) is 15.1. The van der Waals surface area contributed by atoms with Crippen LogP contribution in [0, 0.1) is 5.82 Å². The van der Waals surface area contributed by atoms with Gasteiger partial charge in [0.15, 0.2) is 5.82 Å². The Hall–Kier alpha value is -3.81. The van der Waals surface area contributed by atoms with E-state index in [-0.39, 0.29) is 17.8 Å². The summed E-state index contributed by atoms with van der Waals surface area (Å²) in [4.78, 5) is 18.4. The van der Waals surface area contributed by atoms with Crippen molar-refractivity contribution < 1.29 is 23.4 Å². The van der Waals surface area contributed by atoms with Crippen LogP contribution in [0.3, 0.4) is 0 Å². The molecule has 0 saturated heterocycles. The van der Waals surface area contributed by atoms with Crippen molar-refractivity contribution in [1.29, 1.82) is 0 Å². The zero-order valence-electron chi connectivity index (χ0n) is 18.6. The van der Waals surface area contributed by atoms with Crippen molar-refractivity contribution >= 4 is 17.5 Å². The SMILES string of the molecule is COC(=O)c1ccc(C(C)Nc2nccc3c2N(CCOc2ccc(F)cc2)CCO3)cc1. The number of carbonyl (C=O) groups is 1. The highest BCUT2D eigenvalue weighted by Gasteiger charge is 2.23. The van der Waals surface area contributed by atoms with Gasteiger partial charge in [0.2, 0.25) is 0 Å². The zero-order chi connectivity index (χ0) is 23.2. The maximum absolute atomic E-state index is 13.1. The number of carbonyl (C=O) groups excluding carboxylic acids is 1. The Kier molecular flexibility index (Phi) is 6.92. The van der Waals surface area contributed by atoms with Gasteiger partial charge in [0.05, 0.1) is 31.8 Å². The van der Waals surface area contributed by atoms with Crippen LogP contribution in [0.1, 0.15) is 28.9 Å². The molecule has 0 amide bonds. The lowest BCUT2D eigenvalue weighted by molar-refractivity contribution is 0.0600. The summed E-state index contributed by atoms with van der Waals surface area (Å²) in [5.41, 5.74) is 2.39. The van der Waals surface area contributed by atoms with Crippen molar-refractivity contribution in [3.8, 4) is 11.5 Å². The van der Waals surface area contributed by atoms with Crippen LogP contribution in [0.25, 0.3) is 0 Å². The van der Waals surface area contributed by atoms with Crippen molar-refractivity contribution in [3.05, 3.63) is 77.7 Å². The van der Waals surface area contributed by atoms with Gasteiger partial charge >= 0.3 is 5.97 Å². The van der Waals surface area contributed by atoms with Crippen LogP contribution in [0.15, 0.2) is 60.8 Å². The van der Waals surface area contributed by atoms with E-state index in [0.29, 0.717) is 43.4 Å². The molecule has 3 aromatic rings. The number of aromatic nitrogens is 1. The van der Waals surface area contributed by atoms with E-state index in [9.17, 15) is 9.18 Å². The van der Waals surface area contributed by atoms with Crippen molar-refractivity contribution in [3.63, 3.8) is 0 Å². The third-order valence-corrected chi connectivity index (χ3v) is 5.45. The number of anilines is 2.